The number of nitrogens with one attached hydrogen (secondary N) is 1. The lowest BCUT2D eigenvalue weighted by molar-refractivity contribution is 1.03. The van der Waals surface area contributed by atoms with Gasteiger partial charge in [-0.05, 0) is 37.1 Å². The molecule has 2 aliphatic heterocycles. The highest BCUT2D eigenvalue weighted by Gasteiger charge is 2.26. The molecular weight excluding hydrogens is 320 g/mol. The van der Waals surface area contributed by atoms with Gasteiger partial charge in [-0.15, -0.1) is 0 Å². The molecule has 0 spiro atoms. The molecule has 2 aromatic rings. The number of pyridine rings is 1. The fourth-order valence-corrected chi connectivity index (χ4v) is 3.13. The van der Waals surface area contributed by atoms with Crippen LogP contribution in [-0.4, -0.2) is 23.1 Å². The van der Waals surface area contributed by atoms with Crippen LogP contribution in [0.4, 0.5) is 5.69 Å². The Balaban J connectivity index is 2.01. The summed E-state index contributed by atoms with van der Waals surface area (Å²) in [5, 5.41) is 4.06. The smallest absolute Gasteiger partial charge is 0.152 e. The predicted octanol–water partition coefficient (Wildman–Crippen LogP) is 4.25. The average molecular weight is 337 g/mol. The van der Waals surface area contributed by atoms with E-state index in [1.807, 2.05) is 36.4 Å². The van der Waals surface area contributed by atoms with Crippen molar-refractivity contribution >= 4 is 28.8 Å². The van der Waals surface area contributed by atoms with Gasteiger partial charge in [0.05, 0.1) is 17.3 Å². The SMILES string of the molecule is CCc1ccc2c(n1)C(c1ccccc1Cl)=NC1=C(C)CN=C1N2. The third-order valence-electron chi connectivity index (χ3n) is 4.25. The maximum atomic E-state index is 6.46. The number of amidine groups is 1. The second-order valence-corrected chi connectivity index (χ2v) is 6.32. The van der Waals surface area contributed by atoms with Crippen LogP contribution in [0.1, 0.15) is 30.8 Å². The van der Waals surface area contributed by atoms with Crippen LogP contribution in [0.2, 0.25) is 5.02 Å². The first-order chi connectivity index (χ1) is 11.7. The Hall–Kier alpha value is -2.46. The summed E-state index contributed by atoms with van der Waals surface area (Å²) in [5.74, 6) is 0.807. The number of aromatic nitrogens is 1. The van der Waals surface area contributed by atoms with Crippen molar-refractivity contribution in [3.05, 3.63) is 69.6 Å². The third kappa shape index (κ3) is 2.43. The van der Waals surface area contributed by atoms with Gasteiger partial charge in [0.2, 0.25) is 0 Å². The van der Waals surface area contributed by atoms with Crippen molar-refractivity contribution in [2.24, 2.45) is 9.98 Å². The van der Waals surface area contributed by atoms with Crippen molar-refractivity contribution in [2.75, 3.05) is 11.9 Å². The van der Waals surface area contributed by atoms with E-state index in [1.54, 1.807) is 0 Å². The molecule has 0 fully saturated rings. The summed E-state index contributed by atoms with van der Waals surface area (Å²) in [5.41, 5.74) is 6.46. The van der Waals surface area contributed by atoms with Crippen LogP contribution < -0.4 is 5.32 Å². The van der Waals surface area contributed by atoms with Gasteiger partial charge in [0, 0.05) is 11.3 Å². The highest BCUT2D eigenvalue weighted by atomic mass is 35.5. The van der Waals surface area contributed by atoms with E-state index in [2.05, 4.69) is 24.2 Å². The number of halogens is 1. The van der Waals surface area contributed by atoms with Gasteiger partial charge in [0.25, 0.3) is 0 Å². The first kappa shape index (κ1) is 15.1. The van der Waals surface area contributed by atoms with Gasteiger partial charge in [-0.3, -0.25) is 4.99 Å². The Morgan fingerprint density at radius 2 is 2.00 bits per heavy atom. The summed E-state index contributed by atoms with van der Waals surface area (Å²) >= 11 is 6.46. The fourth-order valence-electron chi connectivity index (χ4n) is 2.91. The van der Waals surface area contributed by atoms with Crippen molar-refractivity contribution in [3.8, 4) is 0 Å². The molecule has 0 radical (unpaired) electrons. The Bertz CT molecular complexity index is 925. The summed E-state index contributed by atoms with van der Waals surface area (Å²) in [7, 11) is 0. The standard InChI is InChI=1S/C19H17ClN4/c1-3-12-8-9-15-18(22-12)17(13-6-4-5-7-14(13)20)24-16-11(2)10-21-19(16)23-15/h4-9H,3,10H2,1-2H3,(H,21,23). The minimum atomic E-state index is 0.669. The van der Waals surface area contributed by atoms with Gasteiger partial charge in [0.1, 0.15) is 17.1 Å². The molecule has 3 heterocycles. The van der Waals surface area contributed by atoms with Gasteiger partial charge >= 0.3 is 0 Å². The van der Waals surface area contributed by atoms with Crippen molar-refractivity contribution < 1.29 is 0 Å². The van der Waals surface area contributed by atoms with Crippen LogP contribution in [0, 0.1) is 0 Å². The second kappa shape index (κ2) is 5.87. The van der Waals surface area contributed by atoms with Gasteiger partial charge in [-0.1, -0.05) is 36.7 Å². The van der Waals surface area contributed by atoms with E-state index in [4.69, 9.17) is 21.6 Å². The summed E-state index contributed by atoms with van der Waals surface area (Å²) in [6, 6.07) is 11.8. The zero-order valence-corrected chi connectivity index (χ0v) is 14.4. The number of hydrogen-bond acceptors (Lipinski definition) is 4. The zero-order chi connectivity index (χ0) is 16.7. The van der Waals surface area contributed by atoms with Gasteiger partial charge in [-0.2, -0.15) is 0 Å². The molecular formula is C19H17ClN4. The molecule has 0 atom stereocenters. The van der Waals surface area contributed by atoms with Crippen molar-refractivity contribution in [1.29, 1.82) is 0 Å². The molecule has 1 aromatic heterocycles. The minimum Gasteiger partial charge on any atom is -0.337 e. The summed E-state index contributed by atoms with van der Waals surface area (Å²) in [6.07, 6.45) is 0.867. The Morgan fingerprint density at radius 1 is 1.17 bits per heavy atom. The van der Waals surface area contributed by atoms with Crippen molar-refractivity contribution in [1.82, 2.24) is 4.98 Å². The van der Waals surface area contributed by atoms with E-state index < -0.39 is 0 Å². The molecule has 24 heavy (non-hydrogen) atoms. The lowest BCUT2D eigenvalue weighted by atomic mass is 10.0. The van der Waals surface area contributed by atoms with E-state index >= 15 is 0 Å². The number of aryl methyl sites for hydroxylation is 1. The highest BCUT2D eigenvalue weighted by molar-refractivity contribution is 6.36. The molecule has 1 aromatic carbocycles. The maximum absolute atomic E-state index is 6.46. The number of nitrogens with zero attached hydrogens (tertiary/aromatic N) is 3. The first-order valence-electron chi connectivity index (χ1n) is 8.03. The average Bonchev–Trinajstić information content (AvgIpc) is 2.85. The van der Waals surface area contributed by atoms with E-state index in [0.717, 1.165) is 51.9 Å². The molecule has 4 rings (SSSR count). The van der Waals surface area contributed by atoms with Crippen LogP contribution in [0.15, 0.2) is 57.7 Å². The first-order valence-corrected chi connectivity index (χ1v) is 8.40. The van der Waals surface area contributed by atoms with Gasteiger partial charge < -0.3 is 5.32 Å². The molecule has 0 bridgehead atoms. The molecule has 0 aliphatic carbocycles. The minimum absolute atomic E-state index is 0.669. The van der Waals surface area contributed by atoms with Crippen LogP contribution in [0.25, 0.3) is 0 Å². The van der Waals surface area contributed by atoms with Gasteiger partial charge in [-0.25, -0.2) is 9.98 Å². The lowest BCUT2D eigenvalue weighted by Gasteiger charge is -2.12. The van der Waals surface area contributed by atoms with Crippen molar-refractivity contribution in [2.45, 2.75) is 20.3 Å². The summed E-state index contributed by atoms with van der Waals surface area (Å²) in [6.45, 7) is 4.82. The largest absolute Gasteiger partial charge is 0.337 e. The molecule has 120 valence electrons. The quantitative estimate of drug-likeness (QED) is 0.891. The van der Waals surface area contributed by atoms with Crippen LogP contribution in [-0.2, 0) is 6.42 Å². The van der Waals surface area contributed by atoms with Crippen LogP contribution in [0.3, 0.4) is 0 Å². The van der Waals surface area contributed by atoms with Gasteiger partial charge in [0.15, 0.2) is 5.84 Å². The number of aliphatic imine (C=N–C) groups is 2. The highest BCUT2D eigenvalue weighted by Crippen LogP contribution is 2.30. The van der Waals surface area contributed by atoms with Crippen molar-refractivity contribution in [3.63, 3.8) is 0 Å². The maximum Gasteiger partial charge on any atom is 0.152 e. The molecule has 5 heteroatoms. The van der Waals surface area contributed by atoms with E-state index in [9.17, 15) is 0 Å². The predicted molar refractivity (Wildman–Crippen MR) is 99.3 cm³/mol. The molecule has 1 N–H and O–H groups in total. The topological polar surface area (TPSA) is 49.6 Å². The van der Waals surface area contributed by atoms with E-state index in [0.29, 0.717) is 11.6 Å². The normalized spacial score (nSPS) is 16.0. The molecule has 4 nitrogen and oxygen atoms in total. The molecule has 0 amide bonds. The second-order valence-electron chi connectivity index (χ2n) is 5.91. The van der Waals surface area contributed by atoms with E-state index in [-0.39, 0.29) is 0 Å². The number of anilines is 1. The van der Waals surface area contributed by atoms with Crippen LogP contribution in [0.5, 0.6) is 0 Å². The summed E-state index contributed by atoms with van der Waals surface area (Å²) < 4.78 is 0. The monoisotopic (exact) mass is 336 g/mol. The zero-order valence-electron chi connectivity index (χ0n) is 13.6. The molecule has 0 unspecified atom stereocenters. The third-order valence-corrected chi connectivity index (χ3v) is 4.58. The number of hydrogen-bond donors (Lipinski definition) is 1. The molecule has 2 aliphatic rings. The Morgan fingerprint density at radius 3 is 2.79 bits per heavy atom. The Kier molecular flexibility index (Phi) is 3.69. The molecule has 0 saturated heterocycles. The molecule has 0 saturated carbocycles. The number of benzene rings is 1. The fraction of sp³-hybridized carbons (Fsp3) is 0.211. The number of fused-ring (bicyclic) bond motifs is 2. The summed E-state index contributed by atoms with van der Waals surface area (Å²) in [4.78, 5) is 14.3. The number of rotatable bonds is 2. The van der Waals surface area contributed by atoms with E-state index in [1.165, 1.54) is 0 Å². The Labute approximate surface area is 146 Å². The van der Waals surface area contributed by atoms with Crippen LogP contribution >= 0.6 is 11.6 Å². The lowest BCUT2D eigenvalue weighted by Crippen LogP contribution is -2.12.